The third-order valence-electron chi connectivity index (χ3n) is 2.15. The van der Waals surface area contributed by atoms with Crippen LogP contribution >= 0.6 is 12.4 Å². The molecule has 0 aliphatic carbocycles. The van der Waals surface area contributed by atoms with Crippen LogP contribution in [0, 0.1) is 10.1 Å². The Morgan fingerprint density at radius 2 is 2.06 bits per heavy atom. The Kier molecular flexibility index (Phi) is 5.73. The van der Waals surface area contributed by atoms with E-state index in [0.29, 0.717) is 0 Å². The van der Waals surface area contributed by atoms with Gasteiger partial charge in [-0.15, -0.1) is 12.4 Å². The summed E-state index contributed by atoms with van der Waals surface area (Å²) in [4.78, 5) is 9.69. The van der Waals surface area contributed by atoms with Gasteiger partial charge in [0.05, 0.1) is 18.1 Å². The van der Waals surface area contributed by atoms with Crippen LogP contribution in [0.25, 0.3) is 0 Å². The summed E-state index contributed by atoms with van der Waals surface area (Å²) in [7, 11) is 1.15. The summed E-state index contributed by atoms with van der Waals surface area (Å²) in [6.45, 7) is 0. The van der Waals surface area contributed by atoms with Gasteiger partial charge in [-0.2, -0.15) is 0 Å². The van der Waals surface area contributed by atoms with Crippen molar-refractivity contribution < 1.29 is 23.5 Å². The van der Waals surface area contributed by atoms with Gasteiger partial charge in [-0.1, -0.05) is 0 Å². The predicted molar refractivity (Wildman–Crippen MR) is 61.5 cm³/mol. The molecule has 0 aliphatic rings. The van der Waals surface area contributed by atoms with E-state index in [1.54, 1.807) is 0 Å². The lowest BCUT2D eigenvalue weighted by Gasteiger charge is -2.12. The highest BCUT2D eigenvalue weighted by Crippen LogP contribution is 2.38. The van der Waals surface area contributed by atoms with Crippen LogP contribution in [0.5, 0.6) is 11.5 Å². The number of hydrogen-bond donors (Lipinski definition) is 2. The monoisotopic (exact) mass is 284 g/mol. The number of benzene rings is 1. The number of nitrogens with zero attached hydrogens (tertiary/aromatic N) is 1. The molecule has 0 unspecified atom stereocenters. The maximum atomic E-state index is 12.4. The predicted octanol–water partition coefficient (Wildman–Crippen LogP) is 2.00. The molecule has 3 N–H and O–H groups in total. The van der Waals surface area contributed by atoms with Crippen LogP contribution < -0.4 is 10.5 Å². The van der Waals surface area contributed by atoms with Crippen molar-refractivity contribution in [3.8, 4) is 11.5 Å². The van der Waals surface area contributed by atoms with Crippen molar-refractivity contribution in [3.05, 3.63) is 27.8 Å². The third kappa shape index (κ3) is 3.17. The molecule has 18 heavy (non-hydrogen) atoms. The van der Waals surface area contributed by atoms with E-state index < -0.39 is 28.8 Å². The first-order valence-corrected chi connectivity index (χ1v) is 4.47. The van der Waals surface area contributed by atoms with Gasteiger partial charge in [-0.3, -0.25) is 10.1 Å². The molecule has 0 bridgehead atoms. The van der Waals surface area contributed by atoms with E-state index in [-0.39, 0.29) is 23.7 Å². The van der Waals surface area contributed by atoms with E-state index in [1.807, 2.05) is 0 Å². The highest BCUT2D eigenvalue weighted by molar-refractivity contribution is 5.85. The van der Waals surface area contributed by atoms with E-state index >= 15 is 0 Å². The molecule has 0 saturated carbocycles. The SMILES string of the molecule is COc1cc([C@@H](N)C(F)F)cc([N+](=O)[O-])c1O.Cl. The van der Waals surface area contributed by atoms with E-state index in [2.05, 4.69) is 4.74 Å². The van der Waals surface area contributed by atoms with E-state index in [9.17, 15) is 24.0 Å². The number of hydrogen-bond acceptors (Lipinski definition) is 5. The number of aromatic hydroxyl groups is 1. The Hall–Kier alpha value is -1.67. The molecule has 0 amide bonds. The molecule has 0 saturated heterocycles. The van der Waals surface area contributed by atoms with Crippen molar-refractivity contribution in [2.24, 2.45) is 5.73 Å². The number of phenolic OH excluding ortho intramolecular Hbond substituents is 1. The average Bonchev–Trinajstić information content (AvgIpc) is 2.27. The summed E-state index contributed by atoms with van der Waals surface area (Å²) < 4.78 is 29.4. The van der Waals surface area contributed by atoms with Gasteiger partial charge in [0.15, 0.2) is 5.75 Å². The first-order valence-electron chi connectivity index (χ1n) is 4.47. The van der Waals surface area contributed by atoms with Crippen LogP contribution in [-0.4, -0.2) is 23.6 Å². The molecule has 1 rings (SSSR count). The summed E-state index contributed by atoms with van der Waals surface area (Å²) in [6.07, 6.45) is -2.87. The second-order valence-electron chi connectivity index (χ2n) is 3.21. The standard InChI is InChI=1S/C9H10F2N2O4.ClH/c1-17-6-3-4(7(12)9(10)11)2-5(8(6)14)13(15)16;/h2-3,7,9,14H,12H2,1H3;1H/t7-;/m1./s1. The number of alkyl halides is 2. The molecule has 1 aromatic rings. The number of rotatable bonds is 4. The van der Waals surface area contributed by atoms with Crippen LogP contribution in [-0.2, 0) is 0 Å². The molecular weight excluding hydrogens is 274 g/mol. The quantitative estimate of drug-likeness (QED) is 0.651. The van der Waals surface area contributed by atoms with Crippen molar-refractivity contribution in [2.75, 3.05) is 7.11 Å². The molecule has 6 nitrogen and oxygen atoms in total. The maximum absolute atomic E-state index is 12.4. The zero-order valence-electron chi connectivity index (χ0n) is 9.17. The van der Waals surface area contributed by atoms with Crippen molar-refractivity contribution >= 4 is 18.1 Å². The molecule has 102 valence electrons. The van der Waals surface area contributed by atoms with Crippen LogP contribution in [0.3, 0.4) is 0 Å². The van der Waals surface area contributed by atoms with Gasteiger partial charge in [0.1, 0.15) is 0 Å². The van der Waals surface area contributed by atoms with Crippen LogP contribution in [0.2, 0.25) is 0 Å². The molecule has 0 fully saturated rings. The number of methoxy groups -OCH3 is 1. The van der Waals surface area contributed by atoms with Gasteiger partial charge in [0.25, 0.3) is 6.43 Å². The molecule has 0 aliphatic heterocycles. The van der Waals surface area contributed by atoms with Gasteiger partial charge in [0.2, 0.25) is 5.75 Å². The molecule has 1 aromatic carbocycles. The Morgan fingerprint density at radius 1 is 1.50 bits per heavy atom. The Bertz CT molecular complexity index is 445. The number of halogens is 3. The van der Waals surface area contributed by atoms with Gasteiger partial charge >= 0.3 is 5.69 Å². The topological polar surface area (TPSA) is 98.6 Å². The molecule has 1 atom stereocenters. The van der Waals surface area contributed by atoms with Crippen LogP contribution in [0.15, 0.2) is 12.1 Å². The fraction of sp³-hybridized carbons (Fsp3) is 0.333. The fourth-order valence-electron chi connectivity index (χ4n) is 1.25. The average molecular weight is 285 g/mol. The number of nitro groups is 1. The van der Waals surface area contributed by atoms with E-state index in [0.717, 1.165) is 19.2 Å². The number of nitro benzene ring substituents is 1. The Labute approximate surface area is 107 Å². The van der Waals surface area contributed by atoms with Gasteiger partial charge in [0, 0.05) is 6.07 Å². The van der Waals surface area contributed by atoms with Gasteiger partial charge < -0.3 is 15.6 Å². The second-order valence-corrected chi connectivity index (χ2v) is 3.21. The fourth-order valence-corrected chi connectivity index (χ4v) is 1.25. The molecule has 9 heteroatoms. The summed E-state index contributed by atoms with van der Waals surface area (Å²) in [5.41, 5.74) is 4.26. The minimum Gasteiger partial charge on any atom is -0.500 e. The Balaban J connectivity index is 0.00000289. The maximum Gasteiger partial charge on any atom is 0.314 e. The van der Waals surface area contributed by atoms with E-state index in [1.165, 1.54) is 0 Å². The molecule has 0 spiro atoms. The van der Waals surface area contributed by atoms with E-state index in [4.69, 9.17) is 5.73 Å². The molecular formula is C9H11ClF2N2O4. The summed E-state index contributed by atoms with van der Waals surface area (Å²) in [5, 5.41) is 20.0. The van der Waals surface area contributed by atoms with Crippen molar-refractivity contribution in [1.82, 2.24) is 0 Å². The molecule has 0 aromatic heterocycles. The smallest absolute Gasteiger partial charge is 0.314 e. The van der Waals surface area contributed by atoms with Crippen molar-refractivity contribution in [2.45, 2.75) is 12.5 Å². The van der Waals surface area contributed by atoms with Crippen molar-refractivity contribution in [1.29, 1.82) is 0 Å². The lowest BCUT2D eigenvalue weighted by molar-refractivity contribution is -0.386. The number of nitrogens with two attached hydrogens (primary N) is 1. The second kappa shape index (κ2) is 6.31. The number of ether oxygens (including phenoxy) is 1. The summed E-state index contributed by atoms with van der Waals surface area (Å²) >= 11 is 0. The molecule has 0 heterocycles. The van der Waals surface area contributed by atoms with Crippen LogP contribution in [0.4, 0.5) is 14.5 Å². The van der Waals surface area contributed by atoms with Crippen molar-refractivity contribution in [3.63, 3.8) is 0 Å². The first kappa shape index (κ1) is 16.3. The van der Waals surface area contributed by atoms with Crippen LogP contribution in [0.1, 0.15) is 11.6 Å². The third-order valence-corrected chi connectivity index (χ3v) is 2.15. The molecule has 0 radical (unpaired) electrons. The zero-order valence-corrected chi connectivity index (χ0v) is 9.99. The largest absolute Gasteiger partial charge is 0.500 e. The minimum atomic E-state index is -2.87. The highest BCUT2D eigenvalue weighted by Gasteiger charge is 2.25. The summed E-state index contributed by atoms with van der Waals surface area (Å²) in [6, 6.07) is 0.164. The minimum absolute atomic E-state index is 0. The summed E-state index contributed by atoms with van der Waals surface area (Å²) in [5.74, 6) is -0.993. The Morgan fingerprint density at radius 3 is 2.44 bits per heavy atom. The lowest BCUT2D eigenvalue weighted by Crippen LogP contribution is -2.19. The zero-order chi connectivity index (χ0) is 13.2. The van der Waals surface area contributed by atoms with Gasteiger partial charge in [-0.25, -0.2) is 8.78 Å². The first-order chi connectivity index (χ1) is 7.88. The van der Waals surface area contributed by atoms with Gasteiger partial charge in [-0.05, 0) is 11.6 Å². The highest BCUT2D eigenvalue weighted by atomic mass is 35.5. The normalized spacial score (nSPS) is 11.8. The number of phenols is 1. The lowest BCUT2D eigenvalue weighted by atomic mass is 10.1.